The molecule has 150 valence electrons. The van der Waals surface area contributed by atoms with Crippen LogP contribution in [0.5, 0.6) is 23.0 Å². The number of nitrogens with one attached hydrogen (secondary N) is 1. The molecule has 0 spiro atoms. The summed E-state index contributed by atoms with van der Waals surface area (Å²) >= 11 is 6.28. The molecule has 0 saturated carbocycles. The zero-order valence-corrected chi connectivity index (χ0v) is 17.7. The van der Waals surface area contributed by atoms with Gasteiger partial charge in [-0.1, -0.05) is 17.7 Å². The second-order valence-corrected chi connectivity index (χ2v) is 6.07. The summed E-state index contributed by atoms with van der Waals surface area (Å²) in [5.41, 5.74) is 2.23. The first-order valence-corrected chi connectivity index (χ1v) is 8.91. The SMILES string of the molecule is CCOc1cc(CNCCc2ccc(OC)c(OC)c2)cc(Cl)c1OC.Cl. The molecular weight excluding hydrogens is 389 g/mol. The molecule has 2 rings (SSSR count). The van der Waals surface area contributed by atoms with E-state index < -0.39 is 0 Å². The van der Waals surface area contributed by atoms with Crippen LogP contribution in [-0.4, -0.2) is 34.5 Å². The van der Waals surface area contributed by atoms with Crippen LogP contribution in [0, 0.1) is 0 Å². The van der Waals surface area contributed by atoms with Crippen LogP contribution in [0.3, 0.4) is 0 Å². The quantitative estimate of drug-likeness (QED) is 0.578. The number of halogens is 2. The summed E-state index contributed by atoms with van der Waals surface area (Å²) in [4.78, 5) is 0. The van der Waals surface area contributed by atoms with E-state index in [9.17, 15) is 0 Å². The lowest BCUT2D eigenvalue weighted by Crippen LogP contribution is -2.17. The molecule has 27 heavy (non-hydrogen) atoms. The summed E-state index contributed by atoms with van der Waals surface area (Å²) in [5, 5.41) is 3.97. The molecule has 7 heteroatoms. The van der Waals surface area contributed by atoms with Gasteiger partial charge in [0.2, 0.25) is 0 Å². The number of methoxy groups -OCH3 is 3. The van der Waals surface area contributed by atoms with Crippen LogP contribution in [-0.2, 0) is 13.0 Å². The smallest absolute Gasteiger partial charge is 0.179 e. The minimum Gasteiger partial charge on any atom is -0.493 e. The van der Waals surface area contributed by atoms with Crippen LogP contribution in [0.2, 0.25) is 5.02 Å². The van der Waals surface area contributed by atoms with E-state index in [4.69, 9.17) is 30.5 Å². The zero-order valence-electron chi connectivity index (χ0n) is 16.1. The standard InChI is InChI=1S/C20H26ClNO4.ClH/c1-5-26-19-12-15(10-16(21)20(19)25-4)13-22-9-8-14-6-7-17(23-2)18(11-14)24-3;/h6-7,10-12,22H,5,8-9,13H2,1-4H3;1H. The molecule has 5 nitrogen and oxygen atoms in total. The molecule has 0 heterocycles. The van der Waals surface area contributed by atoms with Gasteiger partial charge in [0.25, 0.3) is 0 Å². The Morgan fingerprint density at radius 3 is 2.22 bits per heavy atom. The summed E-state index contributed by atoms with van der Waals surface area (Å²) in [6.07, 6.45) is 0.878. The average Bonchev–Trinajstić information content (AvgIpc) is 2.65. The van der Waals surface area contributed by atoms with E-state index in [1.54, 1.807) is 21.3 Å². The van der Waals surface area contributed by atoms with Crippen molar-refractivity contribution >= 4 is 24.0 Å². The van der Waals surface area contributed by atoms with Crippen molar-refractivity contribution in [2.75, 3.05) is 34.5 Å². The number of hydrogen-bond donors (Lipinski definition) is 1. The average molecular weight is 416 g/mol. The molecule has 0 aromatic heterocycles. The van der Waals surface area contributed by atoms with Gasteiger partial charge in [-0.25, -0.2) is 0 Å². The van der Waals surface area contributed by atoms with Crippen LogP contribution in [0.1, 0.15) is 18.1 Å². The molecule has 0 radical (unpaired) electrons. The van der Waals surface area contributed by atoms with Crippen molar-refractivity contribution in [2.45, 2.75) is 19.9 Å². The molecule has 0 unspecified atom stereocenters. The third kappa shape index (κ3) is 6.38. The summed E-state index contributed by atoms with van der Waals surface area (Å²) in [6.45, 7) is 4.00. The molecule has 0 amide bonds. The molecular formula is C20H27Cl2NO4. The van der Waals surface area contributed by atoms with E-state index in [2.05, 4.69) is 5.32 Å². The Bertz CT molecular complexity index is 725. The zero-order chi connectivity index (χ0) is 18.9. The monoisotopic (exact) mass is 415 g/mol. The third-order valence-electron chi connectivity index (χ3n) is 3.94. The number of ether oxygens (including phenoxy) is 4. The highest BCUT2D eigenvalue weighted by Gasteiger charge is 2.11. The van der Waals surface area contributed by atoms with Gasteiger partial charge in [0, 0.05) is 6.54 Å². The van der Waals surface area contributed by atoms with E-state index in [0.29, 0.717) is 29.7 Å². The maximum Gasteiger partial charge on any atom is 0.179 e. The second kappa shape index (κ2) is 11.8. The predicted octanol–water partition coefficient (Wildman–Crippen LogP) is 4.52. The van der Waals surface area contributed by atoms with Gasteiger partial charge in [-0.15, -0.1) is 12.4 Å². The van der Waals surface area contributed by atoms with Crippen LogP contribution in [0.15, 0.2) is 30.3 Å². The van der Waals surface area contributed by atoms with Gasteiger partial charge < -0.3 is 24.3 Å². The van der Waals surface area contributed by atoms with Gasteiger partial charge in [0.1, 0.15) is 0 Å². The Kier molecular flexibility index (Phi) is 10.1. The van der Waals surface area contributed by atoms with Gasteiger partial charge in [-0.05, 0) is 55.3 Å². The Balaban J connectivity index is 0.00000364. The minimum atomic E-state index is 0. The van der Waals surface area contributed by atoms with E-state index in [-0.39, 0.29) is 12.4 Å². The van der Waals surface area contributed by atoms with Gasteiger partial charge >= 0.3 is 0 Å². The molecule has 1 N–H and O–H groups in total. The first-order chi connectivity index (χ1) is 12.6. The molecule has 2 aromatic carbocycles. The molecule has 0 saturated heterocycles. The molecule has 0 aliphatic carbocycles. The summed E-state index contributed by atoms with van der Waals surface area (Å²) < 4.78 is 21.5. The van der Waals surface area contributed by atoms with Gasteiger partial charge in [0.05, 0.1) is 33.0 Å². The minimum absolute atomic E-state index is 0. The summed E-state index contributed by atoms with van der Waals surface area (Å²) in [7, 11) is 4.86. The topological polar surface area (TPSA) is 49.0 Å². The molecule has 0 aliphatic rings. The van der Waals surface area contributed by atoms with Crippen LogP contribution in [0.25, 0.3) is 0 Å². The normalized spacial score (nSPS) is 10.1. The number of hydrogen-bond acceptors (Lipinski definition) is 5. The molecule has 0 atom stereocenters. The molecule has 0 bridgehead atoms. The Morgan fingerprint density at radius 2 is 1.59 bits per heavy atom. The largest absolute Gasteiger partial charge is 0.493 e. The van der Waals surface area contributed by atoms with Crippen molar-refractivity contribution < 1.29 is 18.9 Å². The lowest BCUT2D eigenvalue weighted by Gasteiger charge is -2.14. The van der Waals surface area contributed by atoms with Crippen molar-refractivity contribution in [1.29, 1.82) is 0 Å². The molecule has 0 fully saturated rings. The third-order valence-corrected chi connectivity index (χ3v) is 4.22. The number of benzene rings is 2. The van der Waals surface area contributed by atoms with Crippen LogP contribution in [0.4, 0.5) is 0 Å². The fraction of sp³-hybridized carbons (Fsp3) is 0.400. The Morgan fingerprint density at radius 1 is 0.889 bits per heavy atom. The Hall–Kier alpha value is -1.82. The highest BCUT2D eigenvalue weighted by atomic mass is 35.5. The van der Waals surface area contributed by atoms with E-state index >= 15 is 0 Å². The second-order valence-electron chi connectivity index (χ2n) is 5.66. The molecule has 2 aromatic rings. The summed E-state index contributed by atoms with van der Waals surface area (Å²) in [6, 6.07) is 9.81. The highest BCUT2D eigenvalue weighted by Crippen LogP contribution is 2.36. The maximum atomic E-state index is 6.28. The van der Waals surface area contributed by atoms with Crippen LogP contribution >= 0.6 is 24.0 Å². The number of rotatable bonds is 10. The van der Waals surface area contributed by atoms with E-state index in [1.807, 2.05) is 37.3 Å². The summed E-state index contributed by atoms with van der Waals surface area (Å²) in [5.74, 6) is 2.72. The van der Waals surface area contributed by atoms with Crippen LogP contribution < -0.4 is 24.3 Å². The fourth-order valence-electron chi connectivity index (χ4n) is 2.69. The predicted molar refractivity (Wildman–Crippen MR) is 111 cm³/mol. The van der Waals surface area contributed by atoms with Crippen molar-refractivity contribution in [2.24, 2.45) is 0 Å². The fourth-order valence-corrected chi connectivity index (χ4v) is 3.00. The van der Waals surface area contributed by atoms with E-state index in [0.717, 1.165) is 30.0 Å². The lowest BCUT2D eigenvalue weighted by molar-refractivity contribution is 0.310. The van der Waals surface area contributed by atoms with E-state index in [1.165, 1.54) is 5.56 Å². The first-order valence-electron chi connectivity index (χ1n) is 8.53. The van der Waals surface area contributed by atoms with Gasteiger partial charge in [0.15, 0.2) is 23.0 Å². The van der Waals surface area contributed by atoms with Crippen molar-refractivity contribution in [3.63, 3.8) is 0 Å². The first kappa shape index (κ1) is 23.2. The van der Waals surface area contributed by atoms with Crippen molar-refractivity contribution in [3.8, 4) is 23.0 Å². The van der Waals surface area contributed by atoms with Crippen molar-refractivity contribution in [3.05, 3.63) is 46.5 Å². The Labute approximate surface area is 172 Å². The van der Waals surface area contributed by atoms with Gasteiger partial charge in [-0.3, -0.25) is 0 Å². The maximum absolute atomic E-state index is 6.28. The molecule has 0 aliphatic heterocycles. The highest BCUT2D eigenvalue weighted by molar-refractivity contribution is 6.32. The van der Waals surface area contributed by atoms with Crippen molar-refractivity contribution in [1.82, 2.24) is 5.32 Å². The lowest BCUT2D eigenvalue weighted by atomic mass is 10.1. The van der Waals surface area contributed by atoms with Gasteiger partial charge in [-0.2, -0.15) is 0 Å².